The molecule has 0 saturated heterocycles. The summed E-state index contributed by atoms with van der Waals surface area (Å²) in [5.41, 5.74) is 6.45. The van der Waals surface area contributed by atoms with E-state index in [1.807, 2.05) is 7.05 Å². The number of halogens is 1. The third kappa shape index (κ3) is 3.02. The number of hydrogen-bond acceptors (Lipinski definition) is 0. The molecule has 0 N–H and O–H groups in total. The molecule has 3 rings (SSSR count). The lowest BCUT2D eigenvalue weighted by Crippen LogP contribution is -3.00. The molecule has 0 radical (unpaired) electrons. The molecule has 1 aromatic heterocycles. The van der Waals surface area contributed by atoms with Gasteiger partial charge in [-0.15, -0.1) is 0 Å². The van der Waals surface area contributed by atoms with Crippen LogP contribution >= 0.6 is 0 Å². The zero-order valence-electron chi connectivity index (χ0n) is 12.5. The predicted molar refractivity (Wildman–Crippen MR) is 81.9 cm³/mol. The van der Waals surface area contributed by atoms with Crippen molar-refractivity contribution in [2.75, 3.05) is 0 Å². The summed E-state index contributed by atoms with van der Waals surface area (Å²) in [4.78, 5) is 0. The Kier molecular flexibility index (Phi) is 4.83. The van der Waals surface area contributed by atoms with E-state index in [4.69, 9.17) is 0 Å². The average molecular weight is 390 g/mol. The van der Waals surface area contributed by atoms with Gasteiger partial charge in [0.25, 0.3) is 0 Å². The molecular weight excluding hydrogens is 371 g/mol. The first-order chi connectivity index (χ1) is 9.66. The molecule has 0 bridgehead atoms. The highest BCUT2D eigenvalue weighted by molar-refractivity contribution is 5.77. The highest BCUT2D eigenvalue weighted by atomic mass is 127. The molecule has 0 aliphatic rings. The van der Waals surface area contributed by atoms with E-state index in [9.17, 15) is 0 Å². The normalized spacial score (nSPS) is 10.2. The van der Waals surface area contributed by atoms with Gasteiger partial charge in [0.1, 0.15) is 18.1 Å². The van der Waals surface area contributed by atoms with Crippen molar-refractivity contribution in [3.05, 3.63) is 72.3 Å². The second-order valence-electron chi connectivity index (χ2n) is 5.27. The first-order valence-corrected chi connectivity index (χ1v) is 6.86. The number of nitrogens with zero attached hydrogens (tertiary/aromatic N) is 2. The van der Waals surface area contributed by atoms with Gasteiger partial charge in [-0.05, 0) is 36.6 Å². The monoisotopic (exact) mass is 390 g/mol. The minimum atomic E-state index is 0. The van der Waals surface area contributed by atoms with Crippen LogP contribution in [-0.2, 0) is 7.05 Å². The fourth-order valence-electron chi connectivity index (χ4n) is 2.74. The Morgan fingerprint density at radius 1 is 0.905 bits per heavy atom. The van der Waals surface area contributed by atoms with E-state index in [1.165, 1.54) is 27.9 Å². The van der Waals surface area contributed by atoms with Crippen LogP contribution < -0.4 is 28.5 Å². The van der Waals surface area contributed by atoms with Gasteiger partial charge in [-0.25, -0.2) is 9.13 Å². The molecule has 0 atom stereocenters. The van der Waals surface area contributed by atoms with Crippen molar-refractivity contribution >= 4 is 0 Å². The van der Waals surface area contributed by atoms with E-state index in [0.717, 1.165) is 0 Å². The summed E-state index contributed by atoms with van der Waals surface area (Å²) in [5, 5.41) is 0. The number of hydrogen-bond donors (Lipinski definition) is 0. The molecular formula is C18H19IN2. The van der Waals surface area contributed by atoms with Crippen LogP contribution in [0.25, 0.3) is 16.8 Å². The van der Waals surface area contributed by atoms with Crippen LogP contribution in [-0.4, -0.2) is 4.57 Å². The number of aryl methyl sites for hydroxylation is 3. The van der Waals surface area contributed by atoms with E-state index < -0.39 is 0 Å². The Hall–Kier alpha value is -1.62. The molecule has 0 saturated carbocycles. The quantitative estimate of drug-likeness (QED) is 0.448. The number of rotatable bonds is 2. The van der Waals surface area contributed by atoms with Crippen molar-refractivity contribution in [3.63, 3.8) is 0 Å². The molecule has 3 heteroatoms. The van der Waals surface area contributed by atoms with Crippen molar-refractivity contribution < 1.29 is 28.5 Å². The molecule has 2 nitrogen and oxygen atoms in total. The highest BCUT2D eigenvalue weighted by Crippen LogP contribution is 2.31. The molecule has 0 amide bonds. The summed E-state index contributed by atoms with van der Waals surface area (Å²) < 4.78 is 4.22. The molecule has 0 spiro atoms. The Labute approximate surface area is 143 Å². The average Bonchev–Trinajstić information content (AvgIpc) is 2.86. The summed E-state index contributed by atoms with van der Waals surface area (Å²) >= 11 is 0. The van der Waals surface area contributed by atoms with Crippen LogP contribution in [0.4, 0.5) is 0 Å². The van der Waals surface area contributed by atoms with Crippen LogP contribution in [0.1, 0.15) is 11.1 Å². The lowest BCUT2D eigenvalue weighted by Gasteiger charge is -2.12. The smallest absolute Gasteiger partial charge is 0.248 e. The highest BCUT2D eigenvalue weighted by Gasteiger charge is 2.14. The van der Waals surface area contributed by atoms with Crippen LogP contribution in [0.3, 0.4) is 0 Å². The van der Waals surface area contributed by atoms with Gasteiger partial charge in [0.2, 0.25) is 6.33 Å². The Balaban J connectivity index is 0.00000161. The first kappa shape index (κ1) is 15.8. The van der Waals surface area contributed by atoms with E-state index in [1.54, 1.807) is 0 Å². The summed E-state index contributed by atoms with van der Waals surface area (Å²) in [5.74, 6) is 0. The van der Waals surface area contributed by atoms with Gasteiger partial charge in [-0.2, -0.15) is 0 Å². The molecule has 0 aliphatic carbocycles. The molecule has 0 fully saturated rings. The fraction of sp³-hybridized carbons (Fsp3) is 0.167. The molecule has 1 heterocycles. The third-order valence-electron chi connectivity index (χ3n) is 3.70. The number of aromatic nitrogens is 2. The van der Waals surface area contributed by atoms with Crippen LogP contribution in [0, 0.1) is 13.8 Å². The maximum absolute atomic E-state index is 2.20. The maximum Gasteiger partial charge on any atom is 0.248 e. The summed E-state index contributed by atoms with van der Waals surface area (Å²) in [7, 11) is 2.04. The SMILES string of the molecule is Cc1cccc(C)c1-c1ccccc1-n1cc[n+](C)c1.[I-]. The lowest BCUT2D eigenvalue weighted by atomic mass is 9.94. The van der Waals surface area contributed by atoms with Gasteiger partial charge < -0.3 is 24.0 Å². The van der Waals surface area contributed by atoms with Gasteiger partial charge in [0.15, 0.2) is 0 Å². The van der Waals surface area contributed by atoms with E-state index >= 15 is 0 Å². The number of imidazole rings is 1. The molecule has 21 heavy (non-hydrogen) atoms. The number of para-hydroxylation sites is 1. The van der Waals surface area contributed by atoms with Crippen LogP contribution in [0.2, 0.25) is 0 Å². The van der Waals surface area contributed by atoms with Gasteiger partial charge >= 0.3 is 0 Å². The van der Waals surface area contributed by atoms with Crippen molar-refractivity contribution in [3.8, 4) is 16.8 Å². The van der Waals surface area contributed by atoms with Crippen molar-refractivity contribution in [1.82, 2.24) is 4.57 Å². The van der Waals surface area contributed by atoms with Gasteiger partial charge in [-0.3, -0.25) is 0 Å². The topological polar surface area (TPSA) is 8.81 Å². The second kappa shape index (κ2) is 6.43. The molecule has 0 aliphatic heterocycles. The predicted octanol–water partition coefficient (Wildman–Crippen LogP) is 0.590. The van der Waals surface area contributed by atoms with E-state index in [0.29, 0.717) is 0 Å². The third-order valence-corrected chi connectivity index (χ3v) is 3.70. The Morgan fingerprint density at radius 2 is 1.57 bits per heavy atom. The van der Waals surface area contributed by atoms with Gasteiger partial charge in [0, 0.05) is 5.56 Å². The van der Waals surface area contributed by atoms with E-state index in [2.05, 4.69) is 84.2 Å². The molecule has 0 unspecified atom stereocenters. The standard InChI is InChI=1S/C18H19N2.HI/c1-14-7-6-8-15(2)18(14)16-9-4-5-10-17(16)20-12-11-19(3)13-20;/h4-13H,1-3H3;1H/q+1;/p-1. The zero-order valence-corrected chi connectivity index (χ0v) is 14.7. The van der Waals surface area contributed by atoms with Crippen molar-refractivity contribution in [2.24, 2.45) is 7.05 Å². The minimum absolute atomic E-state index is 0. The molecule has 2 aromatic carbocycles. The van der Waals surface area contributed by atoms with Crippen LogP contribution in [0.15, 0.2) is 61.2 Å². The molecule has 3 aromatic rings. The van der Waals surface area contributed by atoms with Gasteiger partial charge in [-0.1, -0.05) is 36.4 Å². The Bertz CT molecular complexity index is 739. The minimum Gasteiger partial charge on any atom is -1.00 e. The summed E-state index contributed by atoms with van der Waals surface area (Å²) in [6.45, 7) is 4.35. The van der Waals surface area contributed by atoms with Crippen LogP contribution in [0.5, 0.6) is 0 Å². The van der Waals surface area contributed by atoms with Crippen molar-refractivity contribution in [1.29, 1.82) is 0 Å². The second-order valence-corrected chi connectivity index (χ2v) is 5.27. The summed E-state index contributed by atoms with van der Waals surface area (Å²) in [6.07, 6.45) is 6.24. The van der Waals surface area contributed by atoms with Gasteiger partial charge in [0.05, 0.1) is 7.05 Å². The van der Waals surface area contributed by atoms with Crippen molar-refractivity contribution in [2.45, 2.75) is 13.8 Å². The number of benzene rings is 2. The lowest BCUT2D eigenvalue weighted by molar-refractivity contribution is -0.670. The Morgan fingerprint density at radius 3 is 2.19 bits per heavy atom. The maximum atomic E-state index is 2.20. The fourth-order valence-corrected chi connectivity index (χ4v) is 2.74. The zero-order chi connectivity index (χ0) is 14.1. The summed E-state index contributed by atoms with van der Waals surface area (Å²) in [6, 6.07) is 15.0. The molecule has 108 valence electrons. The largest absolute Gasteiger partial charge is 1.00 e. The van der Waals surface area contributed by atoms with E-state index in [-0.39, 0.29) is 24.0 Å². The first-order valence-electron chi connectivity index (χ1n) is 6.86.